The van der Waals surface area contributed by atoms with Crippen LogP contribution in [0.3, 0.4) is 0 Å². The molecule has 1 amide bonds. The number of hydrogen-bond donors (Lipinski definition) is 1. The second kappa shape index (κ2) is 8.05. The molecule has 0 aromatic heterocycles. The van der Waals surface area contributed by atoms with Crippen LogP contribution >= 0.6 is 0 Å². The minimum atomic E-state index is 0.146. The van der Waals surface area contributed by atoms with E-state index in [0.717, 1.165) is 26.2 Å². The highest BCUT2D eigenvalue weighted by atomic mass is 16.1. The number of nitrogens with one attached hydrogen (secondary N) is 1. The molecule has 0 rings (SSSR count). The molecule has 3 nitrogen and oxygen atoms in total. The zero-order chi connectivity index (χ0) is 10.1. The molecule has 78 valence electrons. The summed E-state index contributed by atoms with van der Waals surface area (Å²) in [5.74, 6) is 0.146. The first-order chi connectivity index (χ1) is 6.24. The lowest BCUT2D eigenvalue weighted by Crippen LogP contribution is -2.34. The first kappa shape index (κ1) is 12.4. The van der Waals surface area contributed by atoms with E-state index in [9.17, 15) is 4.79 Å². The van der Waals surface area contributed by atoms with Gasteiger partial charge in [-0.1, -0.05) is 20.8 Å². The third-order valence-electron chi connectivity index (χ3n) is 2.06. The van der Waals surface area contributed by atoms with Crippen molar-refractivity contribution in [3.63, 3.8) is 0 Å². The summed E-state index contributed by atoms with van der Waals surface area (Å²) in [6.45, 7) is 10.1. The van der Waals surface area contributed by atoms with Gasteiger partial charge in [0.05, 0.1) is 0 Å². The van der Waals surface area contributed by atoms with Crippen LogP contribution in [0.1, 0.15) is 33.6 Å². The van der Waals surface area contributed by atoms with Gasteiger partial charge in [-0.05, 0) is 19.5 Å². The van der Waals surface area contributed by atoms with E-state index in [4.69, 9.17) is 0 Å². The van der Waals surface area contributed by atoms with Gasteiger partial charge < -0.3 is 10.2 Å². The van der Waals surface area contributed by atoms with Crippen LogP contribution in [0, 0.1) is 0 Å². The predicted molar refractivity (Wildman–Crippen MR) is 55.7 cm³/mol. The van der Waals surface area contributed by atoms with Crippen molar-refractivity contribution in [3.8, 4) is 0 Å². The lowest BCUT2D eigenvalue weighted by atomic mass is 10.4. The van der Waals surface area contributed by atoms with Crippen molar-refractivity contribution in [2.24, 2.45) is 0 Å². The molecule has 0 unspecified atom stereocenters. The Morgan fingerprint density at radius 3 is 2.38 bits per heavy atom. The highest BCUT2D eigenvalue weighted by molar-refractivity contribution is 5.75. The van der Waals surface area contributed by atoms with Crippen LogP contribution in [-0.2, 0) is 4.79 Å². The Morgan fingerprint density at radius 2 is 1.92 bits per heavy atom. The fraction of sp³-hybridized carbons (Fsp3) is 0.900. The molecule has 0 aliphatic carbocycles. The highest BCUT2D eigenvalue weighted by Gasteiger charge is 2.00. The van der Waals surface area contributed by atoms with Gasteiger partial charge in [-0.2, -0.15) is 0 Å². The van der Waals surface area contributed by atoms with E-state index < -0.39 is 0 Å². The standard InChI is InChI=1S/C10H22N2O/c1-4-8-12(6-3)9-7-11-10(13)5-2/h4-9H2,1-3H3,(H,11,13). The topological polar surface area (TPSA) is 32.3 Å². The van der Waals surface area contributed by atoms with Crippen molar-refractivity contribution in [2.45, 2.75) is 33.6 Å². The Labute approximate surface area is 81.5 Å². The number of carbonyl (C=O) groups excluding carboxylic acids is 1. The molecule has 0 aliphatic rings. The number of carbonyl (C=O) groups is 1. The second-order valence-corrected chi connectivity index (χ2v) is 3.14. The summed E-state index contributed by atoms with van der Waals surface area (Å²) < 4.78 is 0. The summed E-state index contributed by atoms with van der Waals surface area (Å²) in [4.78, 5) is 13.3. The molecular formula is C10H22N2O. The Morgan fingerprint density at radius 1 is 1.23 bits per heavy atom. The lowest BCUT2D eigenvalue weighted by Gasteiger charge is -2.19. The number of rotatable bonds is 7. The summed E-state index contributed by atoms with van der Waals surface area (Å²) in [7, 11) is 0. The zero-order valence-electron chi connectivity index (χ0n) is 9.10. The number of likely N-dealkylation sites (N-methyl/N-ethyl adjacent to an activating group) is 1. The largest absolute Gasteiger partial charge is 0.355 e. The SMILES string of the molecule is CCCN(CC)CCNC(=O)CC. The third-order valence-corrected chi connectivity index (χ3v) is 2.06. The van der Waals surface area contributed by atoms with Gasteiger partial charge >= 0.3 is 0 Å². The molecule has 0 heterocycles. The van der Waals surface area contributed by atoms with Gasteiger partial charge in [-0.3, -0.25) is 4.79 Å². The van der Waals surface area contributed by atoms with Crippen molar-refractivity contribution in [1.29, 1.82) is 0 Å². The first-order valence-electron chi connectivity index (χ1n) is 5.23. The maximum absolute atomic E-state index is 10.9. The Balaban J connectivity index is 3.42. The zero-order valence-corrected chi connectivity index (χ0v) is 9.10. The van der Waals surface area contributed by atoms with Gasteiger partial charge in [-0.25, -0.2) is 0 Å². The molecule has 0 saturated carbocycles. The smallest absolute Gasteiger partial charge is 0.219 e. The van der Waals surface area contributed by atoms with Crippen molar-refractivity contribution < 1.29 is 4.79 Å². The molecule has 0 radical (unpaired) electrons. The second-order valence-electron chi connectivity index (χ2n) is 3.14. The Hall–Kier alpha value is -0.570. The summed E-state index contributed by atoms with van der Waals surface area (Å²) in [5, 5.41) is 2.87. The Kier molecular flexibility index (Phi) is 7.69. The average molecular weight is 186 g/mol. The lowest BCUT2D eigenvalue weighted by molar-refractivity contribution is -0.120. The van der Waals surface area contributed by atoms with Gasteiger partial charge in [0.15, 0.2) is 0 Å². The van der Waals surface area contributed by atoms with Crippen molar-refractivity contribution in [1.82, 2.24) is 10.2 Å². The summed E-state index contributed by atoms with van der Waals surface area (Å²) in [6.07, 6.45) is 1.76. The molecule has 0 aromatic carbocycles. The molecule has 1 N–H and O–H groups in total. The van der Waals surface area contributed by atoms with Crippen LogP contribution in [0.5, 0.6) is 0 Å². The summed E-state index contributed by atoms with van der Waals surface area (Å²) in [6, 6.07) is 0. The van der Waals surface area contributed by atoms with Gasteiger partial charge in [0.1, 0.15) is 0 Å². The summed E-state index contributed by atoms with van der Waals surface area (Å²) in [5.41, 5.74) is 0. The van der Waals surface area contributed by atoms with Crippen LogP contribution < -0.4 is 5.32 Å². The number of amides is 1. The van der Waals surface area contributed by atoms with Gasteiger partial charge in [0.25, 0.3) is 0 Å². The molecule has 0 saturated heterocycles. The van der Waals surface area contributed by atoms with Crippen LogP contribution in [0.15, 0.2) is 0 Å². The van der Waals surface area contributed by atoms with E-state index in [0.29, 0.717) is 6.42 Å². The maximum atomic E-state index is 10.9. The minimum absolute atomic E-state index is 0.146. The molecule has 0 spiro atoms. The number of nitrogens with zero attached hydrogens (tertiary/aromatic N) is 1. The van der Waals surface area contributed by atoms with Gasteiger partial charge in [-0.15, -0.1) is 0 Å². The van der Waals surface area contributed by atoms with E-state index in [-0.39, 0.29) is 5.91 Å². The molecule has 0 atom stereocenters. The third kappa shape index (κ3) is 6.58. The van der Waals surface area contributed by atoms with Crippen LogP contribution in [0.4, 0.5) is 0 Å². The van der Waals surface area contributed by atoms with E-state index in [1.54, 1.807) is 0 Å². The fourth-order valence-electron chi connectivity index (χ4n) is 1.22. The van der Waals surface area contributed by atoms with E-state index in [2.05, 4.69) is 24.1 Å². The van der Waals surface area contributed by atoms with Gasteiger partial charge in [0.2, 0.25) is 5.91 Å². The highest BCUT2D eigenvalue weighted by Crippen LogP contribution is 1.89. The quantitative estimate of drug-likeness (QED) is 0.649. The fourth-order valence-corrected chi connectivity index (χ4v) is 1.22. The molecule has 0 aliphatic heterocycles. The van der Waals surface area contributed by atoms with E-state index >= 15 is 0 Å². The van der Waals surface area contributed by atoms with Crippen molar-refractivity contribution >= 4 is 5.91 Å². The predicted octanol–water partition coefficient (Wildman–Crippen LogP) is 1.24. The first-order valence-corrected chi connectivity index (χ1v) is 5.23. The molecular weight excluding hydrogens is 164 g/mol. The van der Waals surface area contributed by atoms with Crippen LogP contribution in [-0.4, -0.2) is 37.0 Å². The molecule has 0 aromatic rings. The van der Waals surface area contributed by atoms with E-state index in [1.165, 1.54) is 6.42 Å². The summed E-state index contributed by atoms with van der Waals surface area (Å²) >= 11 is 0. The van der Waals surface area contributed by atoms with Crippen LogP contribution in [0.25, 0.3) is 0 Å². The van der Waals surface area contributed by atoms with Crippen molar-refractivity contribution in [2.75, 3.05) is 26.2 Å². The van der Waals surface area contributed by atoms with Crippen molar-refractivity contribution in [3.05, 3.63) is 0 Å². The molecule has 0 bridgehead atoms. The molecule has 3 heteroatoms. The Bertz CT molecular complexity index is 137. The maximum Gasteiger partial charge on any atom is 0.219 e. The van der Waals surface area contributed by atoms with Crippen LogP contribution in [0.2, 0.25) is 0 Å². The monoisotopic (exact) mass is 186 g/mol. The average Bonchev–Trinajstić information content (AvgIpc) is 2.16. The minimum Gasteiger partial charge on any atom is -0.355 e. The molecule has 13 heavy (non-hydrogen) atoms. The number of hydrogen-bond acceptors (Lipinski definition) is 2. The molecule has 0 fully saturated rings. The van der Waals surface area contributed by atoms with Gasteiger partial charge in [0, 0.05) is 19.5 Å². The van der Waals surface area contributed by atoms with E-state index in [1.807, 2.05) is 6.92 Å². The normalized spacial score (nSPS) is 10.5.